The van der Waals surface area contributed by atoms with Gasteiger partial charge in [0.15, 0.2) is 5.78 Å². The number of hydrogen-bond donors (Lipinski definition) is 1. The number of ether oxygens (including phenoxy) is 2. The summed E-state index contributed by atoms with van der Waals surface area (Å²) in [7, 11) is 1.46. The van der Waals surface area contributed by atoms with Crippen molar-refractivity contribution >= 4 is 17.4 Å². The molecule has 0 radical (unpaired) electrons. The Labute approximate surface area is 206 Å². The van der Waals surface area contributed by atoms with Gasteiger partial charge in [0.05, 0.1) is 32.6 Å². The van der Waals surface area contributed by atoms with E-state index in [2.05, 4.69) is 5.32 Å². The Kier molecular flexibility index (Phi) is 8.02. The number of carbonyl (C=O) groups excluding carboxylic acids is 2. The van der Waals surface area contributed by atoms with Crippen LogP contribution in [0.4, 0.5) is 18.9 Å². The van der Waals surface area contributed by atoms with E-state index < -0.39 is 17.5 Å². The van der Waals surface area contributed by atoms with E-state index in [0.29, 0.717) is 54.9 Å². The second-order valence-corrected chi connectivity index (χ2v) is 8.42. The Morgan fingerprint density at radius 1 is 0.972 bits per heavy atom. The SMILES string of the molecule is COc1ccc(C(=O)Cc2ccc(-c3cc(F)cc(F)c3)c(F)c2)cc1NC(=O)CN1CCOCC1. The summed E-state index contributed by atoms with van der Waals surface area (Å²) >= 11 is 0. The number of hydrogen-bond acceptors (Lipinski definition) is 5. The first-order valence-electron chi connectivity index (χ1n) is 11.4. The van der Waals surface area contributed by atoms with Crippen LogP contribution in [0.5, 0.6) is 5.75 Å². The van der Waals surface area contributed by atoms with Gasteiger partial charge < -0.3 is 14.8 Å². The Balaban J connectivity index is 1.47. The number of halogens is 3. The molecule has 1 amide bonds. The van der Waals surface area contributed by atoms with Crippen molar-refractivity contribution in [1.82, 2.24) is 4.90 Å². The highest BCUT2D eigenvalue weighted by Crippen LogP contribution is 2.28. The van der Waals surface area contributed by atoms with Gasteiger partial charge in [-0.2, -0.15) is 0 Å². The number of methoxy groups -OCH3 is 1. The molecule has 6 nitrogen and oxygen atoms in total. The van der Waals surface area contributed by atoms with Crippen LogP contribution in [-0.4, -0.2) is 56.5 Å². The molecule has 1 aliphatic rings. The Hall–Kier alpha value is -3.69. The standard InChI is InChI=1S/C27H25F3N2O4/c1-35-26-5-3-18(14-24(26)31-27(34)16-32-6-8-36-9-7-32)25(33)11-17-2-4-22(23(30)10-17)19-12-20(28)15-21(29)13-19/h2-5,10,12-15H,6-9,11,16H2,1H3,(H,31,34). The molecule has 0 atom stereocenters. The molecule has 9 heteroatoms. The van der Waals surface area contributed by atoms with Gasteiger partial charge in [-0.25, -0.2) is 13.2 Å². The van der Waals surface area contributed by atoms with E-state index in [-0.39, 0.29) is 35.8 Å². The van der Waals surface area contributed by atoms with Crippen molar-refractivity contribution in [2.75, 3.05) is 45.3 Å². The number of amides is 1. The molecule has 36 heavy (non-hydrogen) atoms. The lowest BCUT2D eigenvalue weighted by Crippen LogP contribution is -2.41. The maximum Gasteiger partial charge on any atom is 0.238 e. The van der Waals surface area contributed by atoms with Crippen LogP contribution in [0.15, 0.2) is 54.6 Å². The summed E-state index contributed by atoms with van der Waals surface area (Å²) < 4.78 is 52.4. The van der Waals surface area contributed by atoms with Gasteiger partial charge in [0, 0.05) is 36.7 Å². The van der Waals surface area contributed by atoms with Gasteiger partial charge in [-0.1, -0.05) is 12.1 Å². The fourth-order valence-corrected chi connectivity index (χ4v) is 4.03. The van der Waals surface area contributed by atoms with Crippen LogP contribution in [0.25, 0.3) is 11.1 Å². The highest BCUT2D eigenvalue weighted by Gasteiger charge is 2.18. The third kappa shape index (κ3) is 6.30. The molecule has 0 unspecified atom stereocenters. The summed E-state index contributed by atoms with van der Waals surface area (Å²) in [6.07, 6.45) is -0.109. The third-order valence-corrected chi connectivity index (χ3v) is 5.84. The number of nitrogens with zero attached hydrogens (tertiary/aromatic N) is 1. The number of benzene rings is 3. The minimum atomic E-state index is -0.809. The molecule has 1 aliphatic heterocycles. The van der Waals surface area contributed by atoms with Gasteiger partial charge >= 0.3 is 0 Å². The summed E-state index contributed by atoms with van der Waals surface area (Å²) in [5.74, 6) is -2.46. The lowest BCUT2D eigenvalue weighted by atomic mass is 9.98. The first kappa shape index (κ1) is 25.4. The molecule has 0 aliphatic carbocycles. The first-order chi connectivity index (χ1) is 17.3. The number of anilines is 1. The summed E-state index contributed by atoms with van der Waals surface area (Å²) in [5, 5.41) is 2.79. The van der Waals surface area contributed by atoms with Crippen LogP contribution in [0.2, 0.25) is 0 Å². The van der Waals surface area contributed by atoms with Gasteiger partial charge in [0.2, 0.25) is 5.91 Å². The van der Waals surface area contributed by atoms with E-state index in [0.717, 1.165) is 12.1 Å². The van der Waals surface area contributed by atoms with Crippen molar-refractivity contribution in [3.8, 4) is 16.9 Å². The van der Waals surface area contributed by atoms with Gasteiger partial charge in [-0.05, 0) is 47.5 Å². The number of ketones is 1. The van der Waals surface area contributed by atoms with Crippen molar-refractivity contribution in [3.05, 3.63) is 83.2 Å². The molecule has 0 bridgehead atoms. The third-order valence-electron chi connectivity index (χ3n) is 5.84. The second kappa shape index (κ2) is 11.4. The van der Waals surface area contributed by atoms with Gasteiger partial charge in [0.25, 0.3) is 0 Å². The highest BCUT2D eigenvalue weighted by atomic mass is 19.1. The number of carbonyl (C=O) groups is 2. The van der Waals surface area contributed by atoms with Crippen LogP contribution in [-0.2, 0) is 16.0 Å². The molecule has 3 aromatic carbocycles. The first-order valence-corrected chi connectivity index (χ1v) is 11.4. The molecule has 3 aromatic rings. The van der Waals surface area contributed by atoms with Crippen LogP contribution >= 0.6 is 0 Å². The van der Waals surface area contributed by atoms with Gasteiger partial charge in [-0.15, -0.1) is 0 Å². The maximum atomic E-state index is 14.7. The van der Waals surface area contributed by atoms with E-state index in [1.54, 1.807) is 12.1 Å². The molecule has 0 spiro atoms. The molecule has 1 fully saturated rings. The Bertz CT molecular complexity index is 1260. The Morgan fingerprint density at radius 3 is 2.36 bits per heavy atom. The molecule has 1 saturated heterocycles. The number of nitrogens with one attached hydrogen (secondary N) is 1. The smallest absolute Gasteiger partial charge is 0.238 e. The molecular formula is C27H25F3N2O4. The minimum absolute atomic E-state index is 0.0271. The predicted octanol–water partition coefficient (Wildman–Crippen LogP) is 4.48. The van der Waals surface area contributed by atoms with Crippen molar-refractivity contribution in [2.24, 2.45) is 0 Å². The van der Waals surface area contributed by atoms with E-state index >= 15 is 0 Å². The molecule has 188 valence electrons. The van der Waals surface area contributed by atoms with E-state index in [4.69, 9.17) is 9.47 Å². The largest absolute Gasteiger partial charge is 0.495 e. The molecule has 4 rings (SSSR count). The molecule has 0 aromatic heterocycles. The lowest BCUT2D eigenvalue weighted by molar-refractivity contribution is -0.118. The molecule has 1 N–H and O–H groups in total. The van der Waals surface area contributed by atoms with Gasteiger partial charge in [0.1, 0.15) is 23.2 Å². The molecule has 1 heterocycles. The lowest BCUT2D eigenvalue weighted by Gasteiger charge is -2.26. The van der Waals surface area contributed by atoms with Crippen LogP contribution in [0, 0.1) is 17.5 Å². The number of morpholine rings is 1. The summed E-state index contributed by atoms with van der Waals surface area (Å²) in [6, 6.07) is 11.6. The van der Waals surface area contributed by atoms with E-state index in [1.807, 2.05) is 4.90 Å². The monoisotopic (exact) mass is 498 g/mol. The second-order valence-electron chi connectivity index (χ2n) is 8.42. The molecule has 0 saturated carbocycles. The fraction of sp³-hybridized carbons (Fsp3) is 0.259. The zero-order chi connectivity index (χ0) is 25.7. The predicted molar refractivity (Wildman–Crippen MR) is 129 cm³/mol. The topological polar surface area (TPSA) is 67.9 Å². The van der Waals surface area contributed by atoms with Crippen molar-refractivity contribution < 1.29 is 32.2 Å². The van der Waals surface area contributed by atoms with Crippen molar-refractivity contribution in [2.45, 2.75) is 6.42 Å². The number of rotatable bonds is 8. The normalized spacial score (nSPS) is 13.9. The Morgan fingerprint density at radius 2 is 1.69 bits per heavy atom. The zero-order valence-electron chi connectivity index (χ0n) is 19.7. The van der Waals surface area contributed by atoms with E-state index in [1.165, 1.54) is 31.4 Å². The molecular weight excluding hydrogens is 473 g/mol. The highest BCUT2D eigenvalue weighted by molar-refractivity contribution is 6.00. The summed E-state index contributed by atoms with van der Waals surface area (Å²) in [5.41, 5.74) is 1.16. The van der Waals surface area contributed by atoms with Crippen LogP contribution in [0.3, 0.4) is 0 Å². The summed E-state index contributed by atoms with van der Waals surface area (Å²) in [6.45, 7) is 2.65. The van der Waals surface area contributed by atoms with Gasteiger partial charge in [-0.3, -0.25) is 14.5 Å². The van der Waals surface area contributed by atoms with Crippen LogP contribution in [0.1, 0.15) is 15.9 Å². The summed E-state index contributed by atoms with van der Waals surface area (Å²) in [4.78, 5) is 27.4. The van der Waals surface area contributed by atoms with E-state index in [9.17, 15) is 22.8 Å². The average Bonchev–Trinajstić information content (AvgIpc) is 2.84. The van der Waals surface area contributed by atoms with Crippen LogP contribution < -0.4 is 10.1 Å². The van der Waals surface area contributed by atoms with Crippen molar-refractivity contribution in [1.29, 1.82) is 0 Å². The zero-order valence-corrected chi connectivity index (χ0v) is 19.7. The minimum Gasteiger partial charge on any atom is -0.495 e. The van der Waals surface area contributed by atoms with Crippen molar-refractivity contribution in [3.63, 3.8) is 0 Å². The quantitative estimate of drug-likeness (QED) is 0.464. The average molecular weight is 499 g/mol. The fourth-order valence-electron chi connectivity index (χ4n) is 4.03. The maximum absolute atomic E-state index is 14.7. The number of Topliss-reactive ketones (excluding diaryl/α,β-unsaturated/α-hetero) is 1.